The Balaban J connectivity index is 1.15. The highest BCUT2D eigenvalue weighted by Gasteiger charge is 2.25. The summed E-state index contributed by atoms with van der Waals surface area (Å²) in [4.78, 5) is 46.9. The fourth-order valence-corrected chi connectivity index (χ4v) is 6.63. The van der Waals surface area contributed by atoms with Crippen molar-refractivity contribution in [1.82, 2.24) is 19.9 Å². The van der Waals surface area contributed by atoms with Gasteiger partial charge in [0.15, 0.2) is 0 Å². The lowest BCUT2D eigenvalue weighted by Crippen LogP contribution is -2.12. The highest BCUT2D eigenvalue weighted by Crippen LogP contribution is 2.40. The normalized spacial score (nSPS) is 11.1. The van der Waals surface area contributed by atoms with Crippen LogP contribution in [0.3, 0.4) is 0 Å². The molecule has 0 aliphatic rings. The van der Waals surface area contributed by atoms with Gasteiger partial charge in [-0.15, -0.1) is 0 Å². The number of rotatable bonds is 9. The minimum Gasteiger partial charge on any atom is -0.456 e. The van der Waals surface area contributed by atoms with Gasteiger partial charge in [0.05, 0.1) is 45.3 Å². The Labute approximate surface area is 312 Å². The second-order valence-electron chi connectivity index (χ2n) is 12.9. The second-order valence-corrected chi connectivity index (χ2v) is 12.9. The maximum Gasteiger partial charge on any atom is 0.339 e. The van der Waals surface area contributed by atoms with Crippen LogP contribution in [0, 0.1) is 13.8 Å². The SMILES string of the molecule is Cc1cccc(-c2cccc(COC(=O)c3ccc4ccccc4c3-c3c(C(=O)OCc4cccc(-c5cccc(C)n5)n4)ccc4ccccc34)n2)n1. The van der Waals surface area contributed by atoms with Crippen molar-refractivity contribution in [3.63, 3.8) is 0 Å². The number of pyridine rings is 4. The fourth-order valence-electron chi connectivity index (χ4n) is 6.63. The van der Waals surface area contributed by atoms with Crippen LogP contribution >= 0.6 is 0 Å². The lowest BCUT2D eigenvalue weighted by atomic mass is 9.87. The third kappa shape index (κ3) is 7.05. The number of carbonyl (C=O) groups is 2. The summed E-state index contributed by atoms with van der Waals surface area (Å²) >= 11 is 0. The van der Waals surface area contributed by atoms with E-state index in [1.807, 2.05) is 147 Å². The topological polar surface area (TPSA) is 104 Å². The third-order valence-electron chi connectivity index (χ3n) is 9.17. The van der Waals surface area contributed by atoms with Gasteiger partial charge >= 0.3 is 11.9 Å². The molecule has 0 N–H and O–H groups in total. The van der Waals surface area contributed by atoms with Crippen LogP contribution in [0.4, 0.5) is 0 Å². The monoisotopic (exact) mass is 706 g/mol. The van der Waals surface area contributed by atoms with Crippen LogP contribution in [0.1, 0.15) is 43.5 Å². The van der Waals surface area contributed by atoms with Crippen molar-refractivity contribution in [2.75, 3.05) is 0 Å². The summed E-state index contributed by atoms with van der Waals surface area (Å²) in [5.74, 6) is -1.09. The molecular formula is C46H34N4O4. The molecule has 4 aromatic heterocycles. The Kier molecular flexibility index (Phi) is 9.39. The molecule has 8 heteroatoms. The maximum atomic E-state index is 14.2. The molecule has 4 aromatic carbocycles. The number of hydrogen-bond donors (Lipinski definition) is 0. The molecule has 8 rings (SSSR count). The molecule has 0 amide bonds. The zero-order chi connectivity index (χ0) is 37.0. The third-order valence-corrected chi connectivity index (χ3v) is 9.17. The van der Waals surface area contributed by atoms with Crippen molar-refractivity contribution >= 4 is 33.5 Å². The summed E-state index contributed by atoms with van der Waals surface area (Å²) < 4.78 is 11.9. The van der Waals surface area contributed by atoms with Gasteiger partial charge < -0.3 is 9.47 Å². The fraction of sp³-hybridized carbons (Fsp3) is 0.0870. The number of benzene rings is 4. The molecule has 0 spiro atoms. The number of ether oxygens (including phenoxy) is 2. The number of carbonyl (C=O) groups excluding carboxylic acids is 2. The number of nitrogens with zero attached hydrogens (tertiary/aromatic N) is 4. The van der Waals surface area contributed by atoms with Gasteiger partial charge in [-0.05, 0) is 96.1 Å². The highest BCUT2D eigenvalue weighted by atomic mass is 16.5. The van der Waals surface area contributed by atoms with E-state index in [4.69, 9.17) is 19.4 Å². The summed E-state index contributed by atoms with van der Waals surface area (Å²) in [7, 11) is 0. The average molecular weight is 707 g/mol. The first kappa shape index (κ1) is 34.0. The first-order valence-corrected chi connectivity index (χ1v) is 17.6. The van der Waals surface area contributed by atoms with Gasteiger partial charge in [-0.1, -0.05) is 84.9 Å². The molecule has 0 bridgehead atoms. The summed E-state index contributed by atoms with van der Waals surface area (Å²) in [5.41, 5.74) is 7.57. The number of fused-ring (bicyclic) bond motifs is 2. The lowest BCUT2D eigenvalue weighted by Gasteiger charge is -2.18. The van der Waals surface area contributed by atoms with Gasteiger partial charge in [0, 0.05) is 22.5 Å². The van der Waals surface area contributed by atoms with Gasteiger partial charge in [0.2, 0.25) is 0 Å². The minimum absolute atomic E-state index is 0.0562. The highest BCUT2D eigenvalue weighted by molar-refractivity contribution is 6.17. The van der Waals surface area contributed by atoms with Gasteiger partial charge in [0.1, 0.15) is 13.2 Å². The molecule has 8 nitrogen and oxygen atoms in total. The molecule has 0 aliphatic carbocycles. The Morgan fingerprint density at radius 3 is 1.24 bits per heavy atom. The zero-order valence-corrected chi connectivity index (χ0v) is 29.7. The number of esters is 2. The molecule has 0 saturated carbocycles. The van der Waals surface area contributed by atoms with E-state index in [9.17, 15) is 9.59 Å². The van der Waals surface area contributed by atoms with Crippen molar-refractivity contribution in [2.24, 2.45) is 0 Å². The largest absolute Gasteiger partial charge is 0.456 e. The van der Waals surface area contributed by atoms with Gasteiger partial charge in [0.25, 0.3) is 0 Å². The van der Waals surface area contributed by atoms with Gasteiger partial charge in [-0.3, -0.25) is 9.97 Å². The minimum atomic E-state index is -0.547. The van der Waals surface area contributed by atoms with E-state index < -0.39 is 11.9 Å². The van der Waals surface area contributed by atoms with Crippen LogP contribution in [0.15, 0.2) is 146 Å². The average Bonchev–Trinajstić information content (AvgIpc) is 3.21. The van der Waals surface area contributed by atoms with Crippen LogP contribution in [0.5, 0.6) is 0 Å². The first-order chi connectivity index (χ1) is 26.4. The molecule has 0 atom stereocenters. The molecule has 0 saturated heterocycles. The van der Waals surface area contributed by atoms with E-state index >= 15 is 0 Å². The van der Waals surface area contributed by atoms with E-state index in [0.29, 0.717) is 45.0 Å². The molecule has 0 radical (unpaired) electrons. The molecule has 0 unspecified atom stereocenters. The van der Waals surface area contributed by atoms with Crippen LogP contribution in [0.25, 0.3) is 55.4 Å². The van der Waals surface area contributed by atoms with E-state index in [1.165, 1.54) is 0 Å². The quantitative estimate of drug-likeness (QED) is 0.137. The second kappa shape index (κ2) is 14.9. The van der Waals surface area contributed by atoms with E-state index in [1.54, 1.807) is 12.1 Å². The number of aryl methyl sites for hydroxylation is 2. The van der Waals surface area contributed by atoms with E-state index in [-0.39, 0.29) is 13.2 Å². The Bertz CT molecular complexity index is 2520. The molecule has 0 fully saturated rings. The standard InChI is InChI=1S/C46H34N4O4/c1-29-11-7-19-39(47-29)41-21-9-15-33(49-41)27-53-45(51)37-25-23-31-13-3-5-17-35(31)43(37)44-36-18-6-4-14-32(36)24-26-38(44)46(52)54-28-34-16-10-22-42(50-34)40-20-8-12-30(2)48-40/h3-26H,27-28H2,1-2H3. The summed E-state index contributed by atoms with van der Waals surface area (Å²) in [6, 6.07) is 45.5. The smallest absolute Gasteiger partial charge is 0.339 e. The Morgan fingerprint density at radius 2 is 0.815 bits per heavy atom. The van der Waals surface area contributed by atoms with E-state index in [0.717, 1.165) is 44.3 Å². The lowest BCUT2D eigenvalue weighted by molar-refractivity contribution is 0.0457. The predicted octanol–water partition coefficient (Wildman–Crippen LogP) is 9.90. The van der Waals surface area contributed by atoms with Crippen LogP contribution in [-0.2, 0) is 22.7 Å². The number of aromatic nitrogens is 4. The molecule has 262 valence electrons. The Morgan fingerprint density at radius 1 is 0.426 bits per heavy atom. The van der Waals surface area contributed by atoms with Crippen LogP contribution < -0.4 is 0 Å². The summed E-state index contributed by atoms with van der Waals surface area (Å²) in [6.45, 7) is 3.74. The molecule has 4 heterocycles. The van der Waals surface area contributed by atoms with Gasteiger partial charge in [-0.2, -0.15) is 0 Å². The Hall–Kier alpha value is -7.06. The maximum absolute atomic E-state index is 14.2. The molecule has 0 aliphatic heterocycles. The van der Waals surface area contributed by atoms with Crippen molar-refractivity contribution in [1.29, 1.82) is 0 Å². The van der Waals surface area contributed by atoms with Crippen molar-refractivity contribution < 1.29 is 19.1 Å². The summed E-state index contributed by atoms with van der Waals surface area (Å²) in [6.07, 6.45) is 0. The van der Waals surface area contributed by atoms with Gasteiger partial charge in [-0.25, -0.2) is 19.6 Å². The van der Waals surface area contributed by atoms with Crippen molar-refractivity contribution in [3.8, 4) is 33.9 Å². The van der Waals surface area contributed by atoms with E-state index in [2.05, 4.69) is 9.97 Å². The van der Waals surface area contributed by atoms with Crippen molar-refractivity contribution in [3.05, 3.63) is 179 Å². The molecule has 54 heavy (non-hydrogen) atoms. The first-order valence-electron chi connectivity index (χ1n) is 17.6. The van der Waals surface area contributed by atoms with Crippen molar-refractivity contribution in [2.45, 2.75) is 27.1 Å². The number of hydrogen-bond acceptors (Lipinski definition) is 8. The van der Waals surface area contributed by atoms with Crippen LogP contribution in [-0.4, -0.2) is 31.9 Å². The molecular weight excluding hydrogens is 673 g/mol. The summed E-state index contributed by atoms with van der Waals surface area (Å²) in [5, 5.41) is 3.40. The van der Waals surface area contributed by atoms with Crippen LogP contribution in [0.2, 0.25) is 0 Å². The zero-order valence-electron chi connectivity index (χ0n) is 29.7. The predicted molar refractivity (Wildman–Crippen MR) is 210 cm³/mol. The molecule has 8 aromatic rings.